The van der Waals surface area contributed by atoms with Gasteiger partial charge in [-0.2, -0.15) is 0 Å². The van der Waals surface area contributed by atoms with Crippen molar-refractivity contribution in [1.82, 2.24) is 25.4 Å². The van der Waals surface area contributed by atoms with Crippen LogP contribution in [0.1, 0.15) is 23.0 Å². The van der Waals surface area contributed by atoms with E-state index in [1.807, 2.05) is 14.0 Å². The number of fused-ring (bicyclic) bond motifs is 1. The van der Waals surface area contributed by atoms with Gasteiger partial charge in [-0.15, -0.1) is 24.8 Å². The molecule has 1 amide bonds. The van der Waals surface area contributed by atoms with E-state index in [-0.39, 0.29) is 42.3 Å². The summed E-state index contributed by atoms with van der Waals surface area (Å²) in [5.41, 5.74) is 1.24. The van der Waals surface area contributed by atoms with Crippen LogP contribution in [0.4, 0.5) is 0 Å². The summed E-state index contributed by atoms with van der Waals surface area (Å²) in [6.07, 6.45) is 0. The third-order valence-corrected chi connectivity index (χ3v) is 3.25. The number of aromatic amines is 1. The number of hydrogen-bond donors (Lipinski definition) is 3. The minimum absolute atomic E-state index is 0. The molecule has 124 valence electrons. The summed E-state index contributed by atoms with van der Waals surface area (Å²) in [6, 6.07) is 1.79. The fraction of sp³-hybridized carbons (Fsp3) is 0.462. The molecule has 0 aliphatic carbocycles. The normalized spacial score (nSPS) is 11.5. The van der Waals surface area contributed by atoms with E-state index in [2.05, 4.69) is 20.7 Å². The highest BCUT2D eigenvalue weighted by molar-refractivity contribution is 6.05. The average Bonchev–Trinajstić information content (AvgIpc) is 2.69. The summed E-state index contributed by atoms with van der Waals surface area (Å²) in [5, 5.41) is 8.80. The molecule has 0 radical (unpaired) electrons. The number of pyridine rings is 1. The van der Waals surface area contributed by atoms with Crippen molar-refractivity contribution in [3.8, 4) is 0 Å². The van der Waals surface area contributed by atoms with E-state index in [1.54, 1.807) is 20.0 Å². The number of nitrogens with zero attached hydrogens (tertiary/aromatic N) is 2. The molecule has 0 aliphatic rings. The molecule has 2 heterocycles. The highest BCUT2D eigenvalue weighted by Gasteiger charge is 2.17. The summed E-state index contributed by atoms with van der Waals surface area (Å²) in [7, 11) is 3.52. The Morgan fingerprint density at radius 3 is 2.68 bits per heavy atom. The first-order valence-electron chi connectivity index (χ1n) is 6.46. The second-order valence-electron chi connectivity index (χ2n) is 4.91. The van der Waals surface area contributed by atoms with Gasteiger partial charge in [0, 0.05) is 25.3 Å². The van der Waals surface area contributed by atoms with Gasteiger partial charge in [-0.05, 0) is 27.0 Å². The van der Waals surface area contributed by atoms with E-state index < -0.39 is 0 Å². The minimum atomic E-state index is -0.304. The minimum Gasteiger partial charge on any atom is -0.350 e. The average molecular weight is 350 g/mol. The molecule has 22 heavy (non-hydrogen) atoms. The zero-order chi connectivity index (χ0) is 14.9. The maximum absolute atomic E-state index is 12.3. The van der Waals surface area contributed by atoms with Crippen molar-refractivity contribution < 1.29 is 4.79 Å². The fourth-order valence-corrected chi connectivity index (χ4v) is 2.01. The first kappa shape index (κ1) is 20.4. The van der Waals surface area contributed by atoms with Gasteiger partial charge in [-0.25, -0.2) is 4.98 Å². The van der Waals surface area contributed by atoms with Gasteiger partial charge >= 0.3 is 0 Å². The molecule has 0 bridgehead atoms. The zero-order valence-corrected chi connectivity index (χ0v) is 14.5. The number of carbonyl (C=O) groups excluding carboxylic acids is 1. The fourth-order valence-electron chi connectivity index (χ4n) is 2.01. The Morgan fingerprint density at radius 2 is 2.09 bits per heavy atom. The van der Waals surface area contributed by atoms with E-state index in [0.717, 1.165) is 0 Å². The van der Waals surface area contributed by atoms with E-state index in [0.29, 0.717) is 28.8 Å². The Morgan fingerprint density at radius 1 is 1.45 bits per heavy atom. The summed E-state index contributed by atoms with van der Waals surface area (Å²) >= 11 is 0. The number of likely N-dealkylation sites (N-methyl/N-ethyl adjacent to an activating group) is 1. The molecule has 3 N–H and O–H groups in total. The summed E-state index contributed by atoms with van der Waals surface area (Å²) in [5.74, 6) is -0.265. The number of aryl methyl sites for hydroxylation is 2. The number of halogens is 2. The largest absolute Gasteiger partial charge is 0.350 e. The molecule has 0 aromatic carbocycles. The van der Waals surface area contributed by atoms with Gasteiger partial charge in [0.1, 0.15) is 0 Å². The molecule has 7 nitrogen and oxygen atoms in total. The quantitative estimate of drug-likeness (QED) is 0.759. The van der Waals surface area contributed by atoms with Crippen molar-refractivity contribution in [2.24, 2.45) is 7.05 Å². The molecule has 1 atom stereocenters. The van der Waals surface area contributed by atoms with Crippen LogP contribution < -0.4 is 16.2 Å². The van der Waals surface area contributed by atoms with Gasteiger partial charge in [-0.1, -0.05) is 0 Å². The lowest BCUT2D eigenvalue weighted by Crippen LogP contribution is -2.37. The van der Waals surface area contributed by atoms with Crippen molar-refractivity contribution in [2.45, 2.75) is 19.9 Å². The maximum Gasteiger partial charge on any atom is 0.274 e. The van der Waals surface area contributed by atoms with E-state index in [9.17, 15) is 9.59 Å². The van der Waals surface area contributed by atoms with Crippen molar-refractivity contribution in [1.29, 1.82) is 0 Å². The number of H-pyrrole nitrogens is 1. The van der Waals surface area contributed by atoms with Gasteiger partial charge in [0.25, 0.3) is 11.5 Å². The van der Waals surface area contributed by atoms with E-state index >= 15 is 0 Å². The highest BCUT2D eigenvalue weighted by atomic mass is 35.5. The van der Waals surface area contributed by atoms with Crippen LogP contribution in [0.15, 0.2) is 10.9 Å². The summed E-state index contributed by atoms with van der Waals surface area (Å²) < 4.78 is 1.53. The molecule has 0 fully saturated rings. The molecule has 2 aromatic rings. The molecule has 1 unspecified atom stereocenters. The second-order valence-corrected chi connectivity index (χ2v) is 4.91. The van der Waals surface area contributed by atoms with Crippen LogP contribution >= 0.6 is 24.8 Å². The molecule has 2 rings (SSSR count). The van der Waals surface area contributed by atoms with Crippen molar-refractivity contribution in [3.63, 3.8) is 0 Å². The molecule has 0 saturated heterocycles. The Labute approximate surface area is 140 Å². The van der Waals surface area contributed by atoms with Crippen molar-refractivity contribution >= 4 is 41.8 Å². The molecular formula is C13H21Cl2N5O2. The monoisotopic (exact) mass is 349 g/mol. The predicted octanol–water partition coefficient (Wildman–Crippen LogP) is 0.751. The van der Waals surface area contributed by atoms with Crippen molar-refractivity contribution in [3.05, 3.63) is 27.7 Å². The van der Waals surface area contributed by atoms with Gasteiger partial charge in [0.2, 0.25) is 0 Å². The number of rotatable bonds is 4. The number of carbonyl (C=O) groups is 1. The van der Waals surface area contributed by atoms with Gasteiger partial charge in [0.05, 0.1) is 10.9 Å². The van der Waals surface area contributed by atoms with Crippen LogP contribution in [-0.4, -0.2) is 40.3 Å². The molecule has 0 saturated carbocycles. The standard InChI is InChI=1S/C13H19N5O2.2ClH/c1-7-5-9(12(19)15-6-8(2)14-3)10-11(16-7)18(4)17-13(10)20;;/h5,8,14H,6H2,1-4H3,(H,15,19)(H,17,20);2*1H. The highest BCUT2D eigenvalue weighted by Crippen LogP contribution is 2.14. The van der Waals surface area contributed by atoms with Crippen LogP contribution in [0.25, 0.3) is 11.0 Å². The van der Waals surface area contributed by atoms with Crippen LogP contribution in [0.2, 0.25) is 0 Å². The molecule has 9 heteroatoms. The lowest BCUT2D eigenvalue weighted by Gasteiger charge is -2.12. The second kappa shape index (κ2) is 8.17. The third-order valence-electron chi connectivity index (χ3n) is 3.25. The molecule has 0 spiro atoms. The maximum atomic E-state index is 12.3. The Balaban J connectivity index is 0.00000220. The van der Waals surface area contributed by atoms with Crippen molar-refractivity contribution in [2.75, 3.05) is 13.6 Å². The molecule has 2 aromatic heterocycles. The lowest BCUT2D eigenvalue weighted by molar-refractivity contribution is 0.0952. The van der Waals surface area contributed by atoms with Crippen LogP contribution in [0.5, 0.6) is 0 Å². The molecular weight excluding hydrogens is 329 g/mol. The lowest BCUT2D eigenvalue weighted by atomic mass is 10.1. The SMILES string of the molecule is CNC(C)CNC(=O)c1cc(C)nc2c1c(=O)[nH]n2C.Cl.Cl. The summed E-state index contributed by atoms with van der Waals surface area (Å²) in [6.45, 7) is 4.25. The van der Waals surface area contributed by atoms with Gasteiger partial charge in [0.15, 0.2) is 5.65 Å². The van der Waals surface area contributed by atoms with E-state index in [4.69, 9.17) is 0 Å². The van der Waals surface area contributed by atoms with Crippen LogP contribution in [0.3, 0.4) is 0 Å². The number of aromatic nitrogens is 3. The Bertz CT molecular complexity index is 710. The Hall–Kier alpha value is -1.57. The van der Waals surface area contributed by atoms with Crippen LogP contribution in [0, 0.1) is 6.92 Å². The predicted molar refractivity (Wildman–Crippen MR) is 91.4 cm³/mol. The number of amides is 1. The number of nitrogens with one attached hydrogen (secondary N) is 3. The summed E-state index contributed by atoms with van der Waals surface area (Å²) in [4.78, 5) is 28.5. The number of hydrogen-bond acceptors (Lipinski definition) is 4. The first-order valence-corrected chi connectivity index (χ1v) is 6.46. The Kier molecular flexibility index (Phi) is 7.58. The first-order chi connectivity index (χ1) is 9.43. The van der Waals surface area contributed by atoms with Gasteiger partial charge < -0.3 is 10.6 Å². The zero-order valence-electron chi connectivity index (χ0n) is 12.9. The van der Waals surface area contributed by atoms with Gasteiger partial charge in [-0.3, -0.25) is 19.4 Å². The smallest absolute Gasteiger partial charge is 0.274 e. The van der Waals surface area contributed by atoms with E-state index in [1.165, 1.54) is 4.68 Å². The third kappa shape index (κ3) is 4.00. The topological polar surface area (TPSA) is 91.8 Å². The molecule has 0 aliphatic heterocycles. The van der Waals surface area contributed by atoms with Crippen LogP contribution in [-0.2, 0) is 7.05 Å².